The van der Waals surface area contributed by atoms with Gasteiger partial charge in [0.2, 0.25) is 17.7 Å². The van der Waals surface area contributed by atoms with E-state index in [4.69, 9.17) is 10.8 Å². The third-order valence-corrected chi connectivity index (χ3v) is 6.66. The largest absolute Gasteiger partial charge is 0.481 e. The van der Waals surface area contributed by atoms with Crippen molar-refractivity contribution < 1.29 is 34.2 Å². The van der Waals surface area contributed by atoms with Gasteiger partial charge in [-0.1, -0.05) is 32.0 Å². The third-order valence-electron chi connectivity index (χ3n) is 6.66. The van der Waals surface area contributed by atoms with E-state index in [9.17, 15) is 29.1 Å². The van der Waals surface area contributed by atoms with Gasteiger partial charge in [0, 0.05) is 48.3 Å². The molecule has 42 heavy (non-hydrogen) atoms. The van der Waals surface area contributed by atoms with Crippen molar-refractivity contribution in [2.45, 2.75) is 70.1 Å². The summed E-state index contributed by atoms with van der Waals surface area (Å²) in [5.41, 5.74) is 8.09. The van der Waals surface area contributed by atoms with Crippen molar-refractivity contribution in [3.8, 4) is 0 Å². The Bertz CT molecular complexity index is 1390. The van der Waals surface area contributed by atoms with E-state index in [0.717, 1.165) is 10.9 Å². The molecule has 0 saturated heterocycles. The number of carboxylic acid groups (broad SMARTS) is 2. The first-order valence-corrected chi connectivity index (χ1v) is 13.6. The number of H-pyrrole nitrogens is 2. The van der Waals surface area contributed by atoms with Crippen LogP contribution in [0, 0.1) is 5.92 Å². The van der Waals surface area contributed by atoms with Gasteiger partial charge in [-0.25, -0.2) is 9.78 Å². The Balaban J connectivity index is 1.72. The Labute approximate surface area is 241 Å². The highest BCUT2D eigenvalue weighted by Crippen LogP contribution is 2.19. The molecule has 0 aliphatic carbocycles. The number of para-hydroxylation sites is 1. The molecule has 3 aromatic rings. The van der Waals surface area contributed by atoms with Crippen LogP contribution in [0.15, 0.2) is 43.0 Å². The predicted molar refractivity (Wildman–Crippen MR) is 152 cm³/mol. The number of aromatic nitrogens is 3. The summed E-state index contributed by atoms with van der Waals surface area (Å²) in [6.07, 6.45) is 4.20. The second-order valence-electron chi connectivity index (χ2n) is 10.5. The SMILES string of the molecule is CC(C)CC(NC(=O)C(CCC(=O)O)NC(=O)C(N)Cc1cnc[nH]1)C(=O)NC(Cc1c[nH]c2ccccc12)C(=O)O. The summed E-state index contributed by atoms with van der Waals surface area (Å²) in [5, 5.41) is 27.4. The number of aliphatic carboxylic acids is 2. The summed E-state index contributed by atoms with van der Waals surface area (Å²) in [7, 11) is 0. The van der Waals surface area contributed by atoms with Crippen LogP contribution in [0.1, 0.15) is 44.4 Å². The lowest BCUT2D eigenvalue weighted by Crippen LogP contribution is -2.57. The van der Waals surface area contributed by atoms with Crippen molar-refractivity contribution in [2.75, 3.05) is 0 Å². The van der Waals surface area contributed by atoms with Crippen molar-refractivity contribution in [2.24, 2.45) is 11.7 Å². The molecule has 3 rings (SSSR count). The summed E-state index contributed by atoms with van der Waals surface area (Å²) in [6, 6.07) is 2.58. The zero-order valence-corrected chi connectivity index (χ0v) is 23.4. The molecule has 0 aliphatic rings. The van der Waals surface area contributed by atoms with Crippen molar-refractivity contribution in [3.05, 3.63) is 54.2 Å². The topological polar surface area (TPSA) is 232 Å². The summed E-state index contributed by atoms with van der Waals surface area (Å²) in [5.74, 6) is -4.70. The molecule has 14 nitrogen and oxygen atoms in total. The maximum atomic E-state index is 13.3. The van der Waals surface area contributed by atoms with Crippen molar-refractivity contribution >= 4 is 40.6 Å². The van der Waals surface area contributed by atoms with E-state index in [1.165, 1.54) is 12.5 Å². The van der Waals surface area contributed by atoms with E-state index in [1.54, 1.807) is 6.20 Å². The first-order chi connectivity index (χ1) is 19.9. The number of imidazole rings is 1. The Hall–Kier alpha value is -4.72. The number of carboxylic acids is 2. The molecule has 0 fully saturated rings. The first-order valence-electron chi connectivity index (χ1n) is 13.6. The molecule has 1 aromatic carbocycles. The number of fused-ring (bicyclic) bond motifs is 1. The zero-order valence-electron chi connectivity index (χ0n) is 23.4. The lowest BCUT2D eigenvalue weighted by Gasteiger charge is -2.26. The number of nitrogens with two attached hydrogens (primary N) is 1. The highest BCUT2D eigenvalue weighted by Gasteiger charge is 2.31. The van der Waals surface area contributed by atoms with Crippen molar-refractivity contribution in [3.63, 3.8) is 0 Å². The molecule has 2 heterocycles. The number of amides is 3. The van der Waals surface area contributed by atoms with Gasteiger partial charge < -0.3 is 41.9 Å². The van der Waals surface area contributed by atoms with Gasteiger partial charge in [-0.05, 0) is 30.4 Å². The van der Waals surface area contributed by atoms with E-state index in [2.05, 4.69) is 30.9 Å². The van der Waals surface area contributed by atoms with Crippen LogP contribution in [0.2, 0.25) is 0 Å². The van der Waals surface area contributed by atoms with Gasteiger partial charge in [-0.15, -0.1) is 0 Å². The lowest BCUT2D eigenvalue weighted by atomic mass is 10.0. The van der Waals surface area contributed by atoms with Gasteiger partial charge in [-0.3, -0.25) is 19.2 Å². The van der Waals surface area contributed by atoms with Crippen LogP contribution < -0.4 is 21.7 Å². The average molecular weight is 584 g/mol. The molecular formula is C28H37N7O7. The van der Waals surface area contributed by atoms with Crippen LogP contribution in [-0.2, 0) is 36.8 Å². The summed E-state index contributed by atoms with van der Waals surface area (Å²) >= 11 is 0. The number of hydrogen-bond acceptors (Lipinski definition) is 7. The maximum Gasteiger partial charge on any atom is 0.326 e. The smallest absolute Gasteiger partial charge is 0.326 e. The molecule has 0 radical (unpaired) electrons. The molecule has 9 N–H and O–H groups in total. The molecule has 0 bridgehead atoms. The quantitative estimate of drug-likeness (QED) is 0.117. The second kappa shape index (κ2) is 14.8. The van der Waals surface area contributed by atoms with Gasteiger partial charge in [-0.2, -0.15) is 0 Å². The number of carbonyl (C=O) groups is 5. The van der Waals surface area contributed by atoms with Crippen LogP contribution in [0.4, 0.5) is 0 Å². The average Bonchev–Trinajstić information content (AvgIpc) is 3.59. The summed E-state index contributed by atoms with van der Waals surface area (Å²) < 4.78 is 0. The van der Waals surface area contributed by atoms with E-state index in [0.29, 0.717) is 11.3 Å². The molecule has 0 aliphatic heterocycles. The number of rotatable bonds is 16. The van der Waals surface area contributed by atoms with Crippen molar-refractivity contribution in [1.82, 2.24) is 30.9 Å². The second-order valence-corrected chi connectivity index (χ2v) is 10.5. The minimum absolute atomic E-state index is 0.00105. The number of benzene rings is 1. The van der Waals surface area contributed by atoms with E-state index in [1.807, 2.05) is 38.1 Å². The Morgan fingerprint density at radius 1 is 0.905 bits per heavy atom. The first kappa shape index (κ1) is 31.8. The van der Waals surface area contributed by atoms with Crippen molar-refractivity contribution in [1.29, 1.82) is 0 Å². The Kier molecular flexibility index (Phi) is 11.2. The Morgan fingerprint density at radius 2 is 1.57 bits per heavy atom. The normalized spacial score (nSPS) is 14.1. The fourth-order valence-corrected chi connectivity index (χ4v) is 4.51. The predicted octanol–water partition coefficient (Wildman–Crippen LogP) is 0.453. The molecule has 14 heteroatoms. The molecule has 0 spiro atoms. The molecular weight excluding hydrogens is 546 g/mol. The van der Waals surface area contributed by atoms with Crippen LogP contribution in [0.25, 0.3) is 10.9 Å². The third kappa shape index (κ3) is 9.16. The van der Waals surface area contributed by atoms with Crippen LogP contribution in [-0.4, -0.2) is 79.0 Å². The van der Waals surface area contributed by atoms with Crippen LogP contribution in [0.3, 0.4) is 0 Å². The fourth-order valence-electron chi connectivity index (χ4n) is 4.51. The van der Waals surface area contributed by atoms with Gasteiger partial charge in [0.25, 0.3) is 0 Å². The number of aromatic amines is 2. The fraction of sp³-hybridized carbons (Fsp3) is 0.429. The monoisotopic (exact) mass is 583 g/mol. The van der Waals surface area contributed by atoms with Gasteiger partial charge in [0.15, 0.2) is 0 Å². The minimum atomic E-state index is -1.30. The molecule has 4 atom stereocenters. The van der Waals surface area contributed by atoms with Crippen LogP contribution in [0.5, 0.6) is 0 Å². The summed E-state index contributed by atoms with van der Waals surface area (Å²) in [4.78, 5) is 72.4. The van der Waals surface area contributed by atoms with Gasteiger partial charge >= 0.3 is 11.9 Å². The minimum Gasteiger partial charge on any atom is -0.481 e. The Morgan fingerprint density at radius 3 is 2.21 bits per heavy atom. The molecule has 226 valence electrons. The van der Waals surface area contributed by atoms with Gasteiger partial charge in [0.1, 0.15) is 18.1 Å². The summed E-state index contributed by atoms with van der Waals surface area (Å²) in [6.45, 7) is 3.65. The highest BCUT2D eigenvalue weighted by molar-refractivity contribution is 5.94. The molecule has 2 aromatic heterocycles. The standard InChI is InChI=1S/C28H37N7O7/c1-15(2)9-22(27(40)35-23(28(41)42)10-16-12-31-20-6-4-3-5-18(16)20)34-26(39)21(7-8-24(36)37)33-25(38)19(29)11-17-13-30-14-32-17/h3-6,12-15,19,21-23,31H,7-11,29H2,1-2H3,(H,30,32)(H,33,38)(H,34,39)(H,35,40)(H,36,37)(H,41,42). The van der Waals surface area contributed by atoms with E-state index < -0.39 is 60.2 Å². The number of nitrogens with one attached hydrogen (secondary N) is 5. The number of hydrogen-bond donors (Lipinski definition) is 8. The molecule has 3 amide bonds. The van der Waals surface area contributed by atoms with E-state index in [-0.39, 0.29) is 31.6 Å². The zero-order chi connectivity index (χ0) is 30.8. The van der Waals surface area contributed by atoms with E-state index >= 15 is 0 Å². The highest BCUT2D eigenvalue weighted by atomic mass is 16.4. The number of nitrogens with zero attached hydrogens (tertiary/aromatic N) is 1. The lowest BCUT2D eigenvalue weighted by molar-refractivity contribution is -0.142. The maximum absolute atomic E-state index is 13.3. The van der Waals surface area contributed by atoms with Crippen LogP contribution >= 0.6 is 0 Å². The molecule has 0 saturated carbocycles. The van der Waals surface area contributed by atoms with Gasteiger partial charge in [0.05, 0.1) is 12.4 Å². The number of carbonyl (C=O) groups excluding carboxylic acids is 3. The molecule has 4 unspecified atom stereocenters.